The Kier molecular flexibility index (Phi) is 5.78. The van der Waals surface area contributed by atoms with E-state index in [1.54, 1.807) is 0 Å². The second-order valence-corrected chi connectivity index (χ2v) is 8.21. The molecule has 3 heterocycles. The van der Waals surface area contributed by atoms with Crippen molar-refractivity contribution in [3.8, 4) is 0 Å². The molecular formula is C22H33N3O. The Morgan fingerprint density at radius 1 is 0.731 bits per heavy atom. The Morgan fingerprint density at radius 3 is 1.92 bits per heavy atom. The summed E-state index contributed by atoms with van der Waals surface area (Å²) in [6.07, 6.45) is 10.3. The second-order valence-electron chi connectivity index (χ2n) is 8.21. The molecule has 0 spiro atoms. The van der Waals surface area contributed by atoms with Gasteiger partial charge in [0, 0.05) is 43.5 Å². The third kappa shape index (κ3) is 4.06. The minimum atomic E-state index is 0.208. The maximum atomic E-state index is 12.6. The van der Waals surface area contributed by atoms with Crippen LogP contribution in [0.2, 0.25) is 0 Å². The van der Waals surface area contributed by atoms with Crippen molar-refractivity contribution >= 4 is 11.6 Å². The van der Waals surface area contributed by atoms with E-state index < -0.39 is 0 Å². The van der Waals surface area contributed by atoms with Gasteiger partial charge in [-0.25, -0.2) is 0 Å². The first-order chi connectivity index (χ1) is 12.8. The molecule has 0 aliphatic carbocycles. The zero-order valence-electron chi connectivity index (χ0n) is 16.0. The van der Waals surface area contributed by atoms with E-state index in [0.29, 0.717) is 0 Å². The lowest BCUT2D eigenvalue weighted by Crippen LogP contribution is -2.46. The van der Waals surface area contributed by atoms with Crippen LogP contribution in [0, 0.1) is 0 Å². The van der Waals surface area contributed by atoms with Crippen LogP contribution >= 0.6 is 0 Å². The molecule has 142 valence electrons. The standard InChI is InChI=1S/C22H33N3O/c26-22(25-15-5-2-6-16-25)19-7-9-20(10-8-19)24-17-11-21(12-18-24)23-13-3-1-4-14-23/h7-10,21H,1-6,11-18H2. The average Bonchev–Trinajstić information content (AvgIpc) is 2.75. The van der Waals surface area contributed by atoms with Crippen LogP contribution in [0.1, 0.15) is 61.7 Å². The number of carbonyl (C=O) groups is 1. The molecule has 3 aliphatic heterocycles. The van der Waals surface area contributed by atoms with E-state index in [2.05, 4.69) is 21.9 Å². The van der Waals surface area contributed by atoms with E-state index >= 15 is 0 Å². The van der Waals surface area contributed by atoms with Crippen molar-refractivity contribution in [3.05, 3.63) is 29.8 Å². The lowest BCUT2D eigenvalue weighted by atomic mass is 9.99. The number of amides is 1. The summed E-state index contributed by atoms with van der Waals surface area (Å²) in [5.41, 5.74) is 2.12. The monoisotopic (exact) mass is 355 g/mol. The third-order valence-electron chi connectivity index (χ3n) is 6.49. The first-order valence-corrected chi connectivity index (χ1v) is 10.7. The number of hydrogen-bond acceptors (Lipinski definition) is 3. The minimum absolute atomic E-state index is 0.208. The molecule has 3 saturated heterocycles. The smallest absolute Gasteiger partial charge is 0.253 e. The van der Waals surface area contributed by atoms with Crippen molar-refractivity contribution in [1.29, 1.82) is 0 Å². The molecule has 3 fully saturated rings. The SMILES string of the molecule is O=C(c1ccc(N2CCC(N3CCCCC3)CC2)cc1)N1CCCCC1. The number of carbonyl (C=O) groups excluding carboxylic acids is 1. The Bertz CT molecular complexity index is 580. The molecule has 0 N–H and O–H groups in total. The number of hydrogen-bond donors (Lipinski definition) is 0. The Labute approximate surface area is 158 Å². The van der Waals surface area contributed by atoms with Gasteiger partial charge in [-0.05, 0) is 82.3 Å². The van der Waals surface area contributed by atoms with Crippen LogP contribution in [0.4, 0.5) is 5.69 Å². The van der Waals surface area contributed by atoms with Gasteiger partial charge in [0.2, 0.25) is 0 Å². The van der Waals surface area contributed by atoms with E-state index in [-0.39, 0.29) is 5.91 Å². The van der Waals surface area contributed by atoms with Crippen LogP contribution in [0.3, 0.4) is 0 Å². The first kappa shape index (κ1) is 17.8. The number of nitrogens with zero attached hydrogens (tertiary/aromatic N) is 3. The fourth-order valence-electron chi connectivity index (χ4n) is 4.87. The quantitative estimate of drug-likeness (QED) is 0.826. The molecule has 1 aromatic carbocycles. The highest BCUT2D eigenvalue weighted by Crippen LogP contribution is 2.25. The van der Waals surface area contributed by atoms with E-state index in [9.17, 15) is 4.79 Å². The van der Waals surface area contributed by atoms with Gasteiger partial charge in [0.15, 0.2) is 0 Å². The molecule has 4 heteroatoms. The fourth-order valence-corrected chi connectivity index (χ4v) is 4.87. The van der Waals surface area contributed by atoms with Gasteiger partial charge in [-0.3, -0.25) is 4.79 Å². The summed E-state index contributed by atoms with van der Waals surface area (Å²) in [7, 11) is 0. The molecule has 1 aromatic rings. The summed E-state index contributed by atoms with van der Waals surface area (Å²) in [5, 5.41) is 0. The number of benzene rings is 1. The second kappa shape index (κ2) is 8.43. The summed E-state index contributed by atoms with van der Waals surface area (Å²) in [6, 6.07) is 9.15. The van der Waals surface area contributed by atoms with Gasteiger partial charge in [-0.1, -0.05) is 6.42 Å². The summed E-state index contributed by atoms with van der Waals surface area (Å²) in [4.78, 5) is 19.8. The van der Waals surface area contributed by atoms with Gasteiger partial charge in [0.05, 0.1) is 0 Å². The van der Waals surface area contributed by atoms with Crippen LogP contribution in [-0.2, 0) is 0 Å². The van der Waals surface area contributed by atoms with Gasteiger partial charge in [0.1, 0.15) is 0 Å². The van der Waals surface area contributed by atoms with E-state index in [1.807, 2.05) is 17.0 Å². The Morgan fingerprint density at radius 2 is 1.31 bits per heavy atom. The highest BCUT2D eigenvalue weighted by atomic mass is 16.2. The first-order valence-electron chi connectivity index (χ1n) is 10.7. The molecule has 0 atom stereocenters. The van der Waals surface area contributed by atoms with Crippen molar-refractivity contribution in [2.24, 2.45) is 0 Å². The van der Waals surface area contributed by atoms with Crippen molar-refractivity contribution in [3.63, 3.8) is 0 Å². The molecule has 0 unspecified atom stereocenters. The molecule has 0 saturated carbocycles. The predicted octanol–water partition coefficient (Wildman–Crippen LogP) is 3.77. The molecule has 0 aromatic heterocycles. The molecule has 0 radical (unpaired) electrons. The molecule has 26 heavy (non-hydrogen) atoms. The molecular weight excluding hydrogens is 322 g/mol. The number of anilines is 1. The highest BCUT2D eigenvalue weighted by Gasteiger charge is 2.26. The van der Waals surface area contributed by atoms with Crippen molar-refractivity contribution in [2.75, 3.05) is 44.2 Å². The van der Waals surface area contributed by atoms with E-state index in [1.165, 1.54) is 57.3 Å². The summed E-state index contributed by atoms with van der Waals surface area (Å²) in [6.45, 7) is 6.73. The topological polar surface area (TPSA) is 26.8 Å². The molecule has 3 aliphatic rings. The summed E-state index contributed by atoms with van der Waals surface area (Å²) in [5.74, 6) is 0.208. The molecule has 1 amide bonds. The normalized spacial score (nSPS) is 23.2. The zero-order chi connectivity index (χ0) is 17.8. The van der Waals surface area contributed by atoms with Crippen molar-refractivity contribution in [1.82, 2.24) is 9.80 Å². The molecule has 4 rings (SSSR count). The van der Waals surface area contributed by atoms with Gasteiger partial charge in [-0.15, -0.1) is 0 Å². The van der Waals surface area contributed by atoms with Crippen LogP contribution < -0.4 is 4.90 Å². The van der Waals surface area contributed by atoms with Crippen molar-refractivity contribution < 1.29 is 4.79 Å². The Hall–Kier alpha value is -1.55. The number of likely N-dealkylation sites (tertiary alicyclic amines) is 2. The van der Waals surface area contributed by atoms with Gasteiger partial charge in [-0.2, -0.15) is 0 Å². The maximum absolute atomic E-state index is 12.6. The van der Waals surface area contributed by atoms with Gasteiger partial charge >= 0.3 is 0 Å². The molecule has 0 bridgehead atoms. The predicted molar refractivity (Wildman–Crippen MR) is 107 cm³/mol. The van der Waals surface area contributed by atoms with E-state index in [4.69, 9.17) is 0 Å². The third-order valence-corrected chi connectivity index (χ3v) is 6.49. The maximum Gasteiger partial charge on any atom is 0.253 e. The zero-order valence-corrected chi connectivity index (χ0v) is 16.0. The highest BCUT2D eigenvalue weighted by molar-refractivity contribution is 5.94. The average molecular weight is 356 g/mol. The minimum Gasteiger partial charge on any atom is -0.371 e. The van der Waals surface area contributed by atoms with Crippen LogP contribution in [0.25, 0.3) is 0 Å². The van der Waals surface area contributed by atoms with Crippen LogP contribution in [0.15, 0.2) is 24.3 Å². The van der Waals surface area contributed by atoms with Crippen LogP contribution in [0.5, 0.6) is 0 Å². The summed E-state index contributed by atoms with van der Waals surface area (Å²) >= 11 is 0. The summed E-state index contributed by atoms with van der Waals surface area (Å²) < 4.78 is 0. The van der Waals surface area contributed by atoms with Crippen molar-refractivity contribution in [2.45, 2.75) is 57.4 Å². The number of rotatable bonds is 3. The molecule has 4 nitrogen and oxygen atoms in total. The van der Waals surface area contributed by atoms with E-state index in [0.717, 1.165) is 50.6 Å². The fraction of sp³-hybridized carbons (Fsp3) is 0.682. The van der Waals surface area contributed by atoms with Gasteiger partial charge < -0.3 is 14.7 Å². The Balaban J connectivity index is 1.32. The van der Waals surface area contributed by atoms with Gasteiger partial charge in [0.25, 0.3) is 5.91 Å². The largest absolute Gasteiger partial charge is 0.371 e. The number of piperidine rings is 3. The lowest BCUT2D eigenvalue weighted by Gasteiger charge is -2.41. The van der Waals surface area contributed by atoms with Crippen LogP contribution in [-0.4, -0.2) is 61.0 Å². The lowest BCUT2D eigenvalue weighted by molar-refractivity contribution is 0.0724.